The van der Waals surface area contributed by atoms with Crippen LogP contribution in [0.25, 0.3) is 11.3 Å². The van der Waals surface area contributed by atoms with Crippen LogP contribution < -0.4 is 4.74 Å². The third-order valence-electron chi connectivity index (χ3n) is 3.08. The Morgan fingerprint density at radius 1 is 1.45 bits per heavy atom. The fourth-order valence-corrected chi connectivity index (χ4v) is 2.12. The van der Waals surface area contributed by atoms with Crippen LogP contribution >= 0.6 is 0 Å². The zero-order chi connectivity index (χ0) is 14.3. The topological polar surface area (TPSA) is 73.6 Å². The number of hydrogen-bond donors (Lipinski definition) is 1. The van der Waals surface area contributed by atoms with Crippen LogP contribution in [-0.2, 0) is 18.4 Å². The maximum Gasteiger partial charge on any atom is 0.356 e. The molecule has 0 amide bonds. The van der Waals surface area contributed by atoms with E-state index >= 15 is 0 Å². The lowest BCUT2D eigenvalue weighted by atomic mass is 10.1. The van der Waals surface area contributed by atoms with Crippen molar-refractivity contribution in [3.8, 4) is 17.0 Å². The number of carboxylic acid groups (broad SMARTS) is 1. The van der Waals surface area contributed by atoms with Crippen molar-refractivity contribution in [3.63, 3.8) is 0 Å². The monoisotopic (exact) mass is 278 g/mol. The van der Waals surface area contributed by atoms with Gasteiger partial charge in [0.25, 0.3) is 0 Å². The van der Waals surface area contributed by atoms with Gasteiger partial charge in [-0.2, -0.15) is 5.10 Å². The Kier molecular flexibility index (Phi) is 2.90. The van der Waals surface area contributed by atoms with Crippen LogP contribution in [0.15, 0.2) is 18.2 Å². The molecule has 0 fully saturated rings. The van der Waals surface area contributed by atoms with E-state index in [9.17, 15) is 9.18 Å². The number of fused-ring (bicyclic) bond motifs is 1. The highest BCUT2D eigenvalue weighted by molar-refractivity contribution is 5.87. The Balaban J connectivity index is 2.12. The molecule has 0 saturated heterocycles. The molecular formula is C13H11FN2O4. The van der Waals surface area contributed by atoms with Crippen LogP contribution in [0.4, 0.5) is 4.39 Å². The maximum atomic E-state index is 14.2. The highest BCUT2D eigenvalue weighted by Gasteiger charge is 2.20. The van der Waals surface area contributed by atoms with E-state index in [4.69, 9.17) is 14.6 Å². The summed E-state index contributed by atoms with van der Waals surface area (Å²) in [5, 5.41) is 12.7. The standard InChI is InChI=1S/C13H11FN2O4/c1-16-11(4-10(15-16)13(17)18)8-3-12-7(2-9(8)14)5-19-6-20-12/h2-4H,5-6H2,1H3,(H,17,18). The van der Waals surface area contributed by atoms with Crippen LogP contribution in [0, 0.1) is 5.82 Å². The maximum absolute atomic E-state index is 14.2. The summed E-state index contributed by atoms with van der Waals surface area (Å²) in [6, 6.07) is 4.19. The van der Waals surface area contributed by atoms with Gasteiger partial charge in [-0.25, -0.2) is 9.18 Å². The highest BCUT2D eigenvalue weighted by atomic mass is 19.1. The predicted octanol–water partition coefficient (Wildman–Crippen LogP) is 1.79. The molecule has 1 aromatic heterocycles. The Bertz CT molecular complexity index is 696. The molecule has 3 rings (SSSR count). The number of halogens is 1. The third kappa shape index (κ3) is 2.01. The first-order valence-electron chi connectivity index (χ1n) is 5.87. The van der Waals surface area contributed by atoms with Crippen LogP contribution in [0.2, 0.25) is 0 Å². The molecule has 6 nitrogen and oxygen atoms in total. The molecule has 1 aliphatic heterocycles. The van der Waals surface area contributed by atoms with E-state index in [0.717, 1.165) is 0 Å². The lowest BCUT2D eigenvalue weighted by molar-refractivity contribution is -0.0165. The second kappa shape index (κ2) is 4.61. The van der Waals surface area contributed by atoms with E-state index in [1.54, 1.807) is 7.05 Å². The van der Waals surface area contributed by atoms with Gasteiger partial charge in [0.05, 0.1) is 12.3 Å². The first kappa shape index (κ1) is 12.6. The third-order valence-corrected chi connectivity index (χ3v) is 3.08. The number of aromatic nitrogens is 2. The smallest absolute Gasteiger partial charge is 0.356 e. The van der Waals surface area contributed by atoms with Gasteiger partial charge < -0.3 is 14.6 Å². The average molecular weight is 278 g/mol. The number of benzene rings is 1. The molecule has 1 aliphatic rings. The molecule has 0 aliphatic carbocycles. The van der Waals surface area contributed by atoms with Gasteiger partial charge in [0.2, 0.25) is 0 Å². The van der Waals surface area contributed by atoms with Crippen molar-refractivity contribution in [1.29, 1.82) is 0 Å². The van der Waals surface area contributed by atoms with Crippen LogP contribution in [0.1, 0.15) is 16.1 Å². The van der Waals surface area contributed by atoms with Crippen LogP contribution in [0.5, 0.6) is 5.75 Å². The second-order valence-electron chi connectivity index (χ2n) is 4.39. The summed E-state index contributed by atoms with van der Waals surface area (Å²) in [5.74, 6) is -1.10. The zero-order valence-corrected chi connectivity index (χ0v) is 10.6. The number of rotatable bonds is 2. The fraction of sp³-hybridized carbons (Fsp3) is 0.231. The molecule has 1 N–H and O–H groups in total. The second-order valence-corrected chi connectivity index (χ2v) is 4.39. The number of nitrogens with zero attached hydrogens (tertiary/aromatic N) is 2. The lowest BCUT2D eigenvalue weighted by Crippen LogP contribution is -2.12. The summed E-state index contributed by atoms with van der Waals surface area (Å²) in [6.45, 7) is 0.405. The first-order chi connectivity index (χ1) is 9.56. The van der Waals surface area contributed by atoms with Crippen molar-refractivity contribution in [2.75, 3.05) is 6.79 Å². The van der Waals surface area contributed by atoms with E-state index < -0.39 is 11.8 Å². The summed E-state index contributed by atoms with van der Waals surface area (Å²) in [4.78, 5) is 10.9. The molecule has 104 valence electrons. The van der Waals surface area contributed by atoms with Crippen molar-refractivity contribution < 1.29 is 23.8 Å². The Morgan fingerprint density at radius 2 is 2.25 bits per heavy atom. The summed E-state index contributed by atoms with van der Waals surface area (Å²) >= 11 is 0. The van der Waals surface area contributed by atoms with Gasteiger partial charge in [0, 0.05) is 18.2 Å². The number of ether oxygens (including phenoxy) is 2. The Morgan fingerprint density at radius 3 is 2.95 bits per heavy atom. The van der Waals surface area contributed by atoms with E-state index in [0.29, 0.717) is 17.0 Å². The lowest BCUT2D eigenvalue weighted by Gasteiger charge is -2.18. The minimum absolute atomic E-state index is 0.115. The van der Waals surface area contributed by atoms with E-state index in [-0.39, 0.29) is 24.7 Å². The van der Waals surface area contributed by atoms with Gasteiger partial charge in [-0.1, -0.05) is 0 Å². The molecule has 7 heteroatoms. The predicted molar refractivity (Wildman–Crippen MR) is 65.8 cm³/mol. The molecule has 0 saturated carbocycles. The molecule has 0 spiro atoms. The molecule has 0 bridgehead atoms. The number of carboxylic acids is 1. The molecule has 2 aromatic rings. The Hall–Kier alpha value is -2.41. The average Bonchev–Trinajstić information content (AvgIpc) is 2.80. The van der Waals surface area contributed by atoms with Gasteiger partial charge in [0.15, 0.2) is 12.5 Å². The van der Waals surface area contributed by atoms with Crippen molar-refractivity contribution in [1.82, 2.24) is 9.78 Å². The summed E-state index contributed by atoms with van der Waals surface area (Å²) in [5.41, 5.74) is 1.10. The van der Waals surface area contributed by atoms with E-state index in [1.165, 1.54) is 22.9 Å². The van der Waals surface area contributed by atoms with Gasteiger partial charge in [-0.15, -0.1) is 0 Å². The molecule has 1 aromatic carbocycles. The van der Waals surface area contributed by atoms with Gasteiger partial charge in [0.1, 0.15) is 11.6 Å². The Labute approximate surface area is 113 Å². The van der Waals surface area contributed by atoms with Gasteiger partial charge in [-0.3, -0.25) is 4.68 Å². The first-order valence-corrected chi connectivity index (χ1v) is 5.87. The quantitative estimate of drug-likeness (QED) is 0.906. The molecular weight excluding hydrogens is 267 g/mol. The minimum Gasteiger partial charge on any atom is -0.476 e. The normalized spacial score (nSPS) is 13.7. The molecule has 0 unspecified atom stereocenters. The number of aromatic carboxylic acids is 1. The van der Waals surface area contributed by atoms with E-state index in [2.05, 4.69) is 5.10 Å². The van der Waals surface area contributed by atoms with Crippen molar-refractivity contribution in [2.45, 2.75) is 6.61 Å². The largest absolute Gasteiger partial charge is 0.476 e. The number of hydrogen-bond acceptors (Lipinski definition) is 4. The zero-order valence-electron chi connectivity index (χ0n) is 10.6. The number of carbonyl (C=O) groups is 1. The molecule has 0 atom stereocenters. The molecule has 0 radical (unpaired) electrons. The van der Waals surface area contributed by atoms with Crippen LogP contribution in [-0.4, -0.2) is 27.6 Å². The summed E-state index contributed by atoms with van der Waals surface area (Å²) in [7, 11) is 1.56. The van der Waals surface area contributed by atoms with Gasteiger partial charge in [-0.05, 0) is 18.2 Å². The van der Waals surface area contributed by atoms with Gasteiger partial charge >= 0.3 is 5.97 Å². The van der Waals surface area contributed by atoms with E-state index in [1.807, 2.05) is 0 Å². The SMILES string of the molecule is Cn1nc(C(=O)O)cc1-c1cc2c(cc1F)COCO2. The summed E-state index contributed by atoms with van der Waals surface area (Å²) < 4.78 is 25.9. The molecule has 2 heterocycles. The fourth-order valence-electron chi connectivity index (χ4n) is 2.12. The summed E-state index contributed by atoms with van der Waals surface area (Å²) in [6.07, 6.45) is 0. The van der Waals surface area contributed by atoms with Crippen molar-refractivity contribution in [2.24, 2.45) is 7.05 Å². The number of aryl methyl sites for hydroxylation is 1. The van der Waals surface area contributed by atoms with Crippen molar-refractivity contribution >= 4 is 5.97 Å². The molecule has 20 heavy (non-hydrogen) atoms. The minimum atomic E-state index is -1.16. The van der Waals surface area contributed by atoms with Crippen molar-refractivity contribution in [3.05, 3.63) is 35.3 Å². The highest BCUT2D eigenvalue weighted by Crippen LogP contribution is 2.32. The van der Waals surface area contributed by atoms with Crippen LogP contribution in [0.3, 0.4) is 0 Å².